The number of carbonyl (C=O) groups is 1. The van der Waals surface area contributed by atoms with Crippen molar-refractivity contribution in [3.63, 3.8) is 0 Å². The molecular formula is C19H28BrNO2. The lowest BCUT2D eigenvalue weighted by atomic mass is 9.89. The highest BCUT2D eigenvalue weighted by Crippen LogP contribution is 2.30. The Morgan fingerprint density at radius 3 is 2.22 bits per heavy atom. The van der Waals surface area contributed by atoms with E-state index >= 15 is 0 Å². The van der Waals surface area contributed by atoms with E-state index in [4.69, 9.17) is 4.74 Å². The molecule has 0 aromatic heterocycles. The van der Waals surface area contributed by atoms with Gasteiger partial charge in [-0.1, -0.05) is 53.7 Å². The standard InChI is InChI=1S/C19H28BrNO2/c1-18(2,3)23-17(22)19(12-6-4-5-7-13-19)21-14-15-8-10-16(20)11-9-15/h8-11,21H,4-7,12-14H2,1-3H3. The number of halogens is 1. The van der Waals surface area contributed by atoms with Crippen LogP contribution in [0.3, 0.4) is 0 Å². The summed E-state index contributed by atoms with van der Waals surface area (Å²) >= 11 is 3.46. The highest BCUT2D eigenvalue weighted by atomic mass is 79.9. The van der Waals surface area contributed by atoms with Crippen LogP contribution in [-0.2, 0) is 16.1 Å². The predicted octanol–water partition coefficient (Wildman–Crippen LogP) is 4.97. The van der Waals surface area contributed by atoms with Crippen molar-refractivity contribution in [2.24, 2.45) is 0 Å². The summed E-state index contributed by atoms with van der Waals surface area (Å²) in [6.45, 7) is 6.49. The van der Waals surface area contributed by atoms with Crippen molar-refractivity contribution in [1.82, 2.24) is 5.32 Å². The average Bonchev–Trinajstić information content (AvgIpc) is 2.71. The van der Waals surface area contributed by atoms with E-state index in [1.165, 1.54) is 18.4 Å². The van der Waals surface area contributed by atoms with Crippen LogP contribution < -0.4 is 5.32 Å². The van der Waals surface area contributed by atoms with Crippen molar-refractivity contribution in [2.45, 2.75) is 77.0 Å². The zero-order valence-corrected chi connectivity index (χ0v) is 16.0. The van der Waals surface area contributed by atoms with Gasteiger partial charge in [0.15, 0.2) is 0 Å². The Kier molecular flexibility index (Phi) is 6.26. The molecule has 23 heavy (non-hydrogen) atoms. The van der Waals surface area contributed by atoms with Crippen molar-refractivity contribution in [1.29, 1.82) is 0 Å². The molecule has 0 bridgehead atoms. The maximum Gasteiger partial charge on any atom is 0.326 e. The summed E-state index contributed by atoms with van der Waals surface area (Å²) in [4.78, 5) is 12.9. The molecule has 0 radical (unpaired) electrons. The van der Waals surface area contributed by atoms with Gasteiger partial charge in [0.25, 0.3) is 0 Å². The predicted molar refractivity (Wildman–Crippen MR) is 97.3 cm³/mol. The molecule has 0 atom stereocenters. The van der Waals surface area contributed by atoms with Gasteiger partial charge in [-0.15, -0.1) is 0 Å². The van der Waals surface area contributed by atoms with E-state index in [-0.39, 0.29) is 5.97 Å². The minimum Gasteiger partial charge on any atom is -0.459 e. The van der Waals surface area contributed by atoms with E-state index in [2.05, 4.69) is 33.4 Å². The number of hydrogen-bond acceptors (Lipinski definition) is 3. The first-order valence-corrected chi connectivity index (χ1v) is 9.33. The van der Waals surface area contributed by atoms with Crippen molar-refractivity contribution in [3.05, 3.63) is 34.3 Å². The Labute approximate surface area is 148 Å². The highest BCUT2D eigenvalue weighted by Gasteiger charge is 2.41. The quantitative estimate of drug-likeness (QED) is 0.590. The number of carbonyl (C=O) groups excluding carboxylic acids is 1. The Balaban J connectivity index is 2.12. The molecule has 1 saturated carbocycles. The third kappa shape index (κ3) is 5.61. The lowest BCUT2D eigenvalue weighted by Gasteiger charge is -2.34. The molecule has 3 nitrogen and oxygen atoms in total. The van der Waals surface area contributed by atoms with Crippen LogP contribution in [0.4, 0.5) is 0 Å². The number of ether oxygens (including phenoxy) is 1. The maximum atomic E-state index is 12.9. The number of rotatable bonds is 4. The van der Waals surface area contributed by atoms with Crippen LogP contribution in [-0.4, -0.2) is 17.1 Å². The van der Waals surface area contributed by atoms with Gasteiger partial charge in [-0.25, -0.2) is 0 Å². The summed E-state index contributed by atoms with van der Waals surface area (Å²) in [6.07, 6.45) is 6.27. The minimum atomic E-state index is -0.545. The largest absolute Gasteiger partial charge is 0.459 e. The molecule has 128 valence electrons. The normalized spacial score (nSPS) is 18.3. The second kappa shape index (κ2) is 7.80. The molecule has 1 aromatic carbocycles. The van der Waals surface area contributed by atoms with E-state index in [9.17, 15) is 4.79 Å². The Morgan fingerprint density at radius 2 is 1.70 bits per heavy atom. The third-order valence-electron chi connectivity index (χ3n) is 4.29. The summed E-state index contributed by atoms with van der Waals surface area (Å²) in [5.41, 5.74) is 0.187. The Bertz CT molecular complexity index is 511. The van der Waals surface area contributed by atoms with Crippen LogP contribution in [0.1, 0.15) is 64.9 Å². The molecular weight excluding hydrogens is 354 g/mol. The molecule has 0 spiro atoms. The first kappa shape index (κ1) is 18.5. The summed E-state index contributed by atoms with van der Waals surface area (Å²) in [5.74, 6) is -0.0935. The van der Waals surface area contributed by atoms with Gasteiger partial charge in [-0.2, -0.15) is 0 Å². The lowest BCUT2D eigenvalue weighted by molar-refractivity contribution is -0.164. The zero-order valence-electron chi connectivity index (χ0n) is 14.5. The molecule has 1 N–H and O–H groups in total. The van der Waals surface area contributed by atoms with Crippen molar-refractivity contribution in [2.75, 3.05) is 0 Å². The highest BCUT2D eigenvalue weighted by molar-refractivity contribution is 9.10. The molecule has 4 heteroatoms. The maximum absolute atomic E-state index is 12.9. The van der Waals surface area contributed by atoms with Crippen LogP contribution >= 0.6 is 15.9 Å². The molecule has 0 heterocycles. The van der Waals surface area contributed by atoms with Crippen LogP contribution in [0, 0.1) is 0 Å². The van der Waals surface area contributed by atoms with Crippen LogP contribution in [0.2, 0.25) is 0 Å². The molecule has 0 aliphatic heterocycles. The van der Waals surface area contributed by atoms with E-state index in [1.54, 1.807) is 0 Å². The van der Waals surface area contributed by atoms with Gasteiger partial charge in [-0.05, 0) is 51.3 Å². The molecule has 1 aliphatic rings. The Hall–Kier alpha value is -0.870. The summed E-state index contributed by atoms with van der Waals surface area (Å²) in [5, 5.41) is 3.54. The molecule has 1 aliphatic carbocycles. The SMILES string of the molecule is CC(C)(C)OC(=O)C1(NCc2ccc(Br)cc2)CCCCCC1. The Morgan fingerprint density at radius 1 is 1.13 bits per heavy atom. The lowest BCUT2D eigenvalue weighted by Crippen LogP contribution is -2.53. The molecule has 1 fully saturated rings. The number of benzene rings is 1. The number of nitrogens with one attached hydrogen (secondary N) is 1. The fourth-order valence-corrected chi connectivity index (χ4v) is 3.30. The van der Waals surface area contributed by atoms with Gasteiger partial charge in [-0.3, -0.25) is 10.1 Å². The van der Waals surface area contributed by atoms with E-state index in [0.717, 1.165) is 30.2 Å². The second-order valence-electron chi connectivity index (χ2n) is 7.48. The molecule has 0 amide bonds. The van der Waals surface area contributed by atoms with Crippen molar-refractivity contribution >= 4 is 21.9 Å². The van der Waals surface area contributed by atoms with Crippen molar-refractivity contribution in [3.8, 4) is 0 Å². The monoisotopic (exact) mass is 381 g/mol. The van der Waals surface area contributed by atoms with Crippen LogP contribution in [0.5, 0.6) is 0 Å². The average molecular weight is 382 g/mol. The summed E-state index contributed by atoms with van der Waals surface area (Å²) < 4.78 is 6.80. The smallest absolute Gasteiger partial charge is 0.326 e. The second-order valence-corrected chi connectivity index (χ2v) is 8.39. The van der Waals surface area contributed by atoms with E-state index < -0.39 is 11.1 Å². The van der Waals surface area contributed by atoms with Gasteiger partial charge >= 0.3 is 5.97 Å². The van der Waals surface area contributed by atoms with Gasteiger partial charge in [0.05, 0.1) is 0 Å². The van der Waals surface area contributed by atoms with Crippen molar-refractivity contribution < 1.29 is 9.53 Å². The molecule has 2 rings (SSSR count). The fraction of sp³-hybridized carbons (Fsp3) is 0.632. The number of esters is 1. The van der Waals surface area contributed by atoms with Gasteiger partial charge in [0, 0.05) is 11.0 Å². The van der Waals surface area contributed by atoms with Crippen LogP contribution in [0.15, 0.2) is 28.7 Å². The number of hydrogen-bond donors (Lipinski definition) is 1. The van der Waals surface area contributed by atoms with E-state index in [0.29, 0.717) is 6.54 Å². The fourth-order valence-electron chi connectivity index (χ4n) is 3.03. The topological polar surface area (TPSA) is 38.3 Å². The summed E-state index contributed by atoms with van der Waals surface area (Å²) in [7, 11) is 0. The van der Waals surface area contributed by atoms with Gasteiger partial charge in [0.1, 0.15) is 11.1 Å². The third-order valence-corrected chi connectivity index (χ3v) is 4.82. The van der Waals surface area contributed by atoms with Gasteiger partial charge in [0.2, 0.25) is 0 Å². The van der Waals surface area contributed by atoms with E-state index in [1.807, 2.05) is 32.9 Å². The minimum absolute atomic E-state index is 0.0935. The first-order valence-electron chi connectivity index (χ1n) is 8.54. The summed E-state index contributed by atoms with van der Waals surface area (Å²) in [6, 6.07) is 8.22. The zero-order chi connectivity index (χ0) is 16.9. The first-order chi connectivity index (χ1) is 10.8. The molecule has 0 saturated heterocycles. The molecule has 0 unspecified atom stereocenters. The van der Waals surface area contributed by atoms with Gasteiger partial charge < -0.3 is 4.74 Å². The molecule has 1 aromatic rings. The van der Waals surface area contributed by atoms with Crippen LogP contribution in [0.25, 0.3) is 0 Å².